The van der Waals surface area contributed by atoms with Crippen LogP contribution in [0.1, 0.15) is 23.7 Å². The molecular weight excluding hydrogens is 268 g/mol. The third-order valence-corrected chi connectivity index (χ3v) is 3.03. The second kappa shape index (κ2) is 7.33. The molecule has 0 amide bonds. The number of anilines is 2. The van der Waals surface area contributed by atoms with Crippen LogP contribution in [0, 0.1) is 0 Å². The first-order valence-corrected chi connectivity index (χ1v) is 6.97. The summed E-state index contributed by atoms with van der Waals surface area (Å²) in [6, 6.07) is 5.11. The number of hydrogen-bond acceptors (Lipinski definition) is 5. The Morgan fingerprint density at radius 3 is 3.05 bits per heavy atom. The average molecular weight is 288 g/mol. The van der Waals surface area contributed by atoms with Crippen molar-refractivity contribution < 1.29 is 9.53 Å². The zero-order valence-corrected chi connectivity index (χ0v) is 12.1. The summed E-state index contributed by atoms with van der Waals surface area (Å²) < 4.78 is 6.99. The first-order valence-electron chi connectivity index (χ1n) is 6.97. The largest absolute Gasteiger partial charge is 0.462 e. The SMILES string of the molecule is CCOC(=O)c1ccc(N)c(NCCCn2ccnc2)c1. The predicted molar refractivity (Wildman–Crippen MR) is 82.1 cm³/mol. The highest BCUT2D eigenvalue weighted by Crippen LogP contribution is 2.20. The minimum absolute atomic E-state index is 0.334. The van der Waals surface area contributed by atoms with E-state index in [0.29, 0.717) is 17.9 Å². The Morgan fingerprint density at radius 1 is 1.48 bits per heavy atom. The fourth-order valence-corrected chi connectivity index (χ4v) is 1.95. The van der Waals surface area contributed by atoms with Gasteiger partial charge in [-0.3, -0.25) is 0 Å². The van der Waals surface area contributed by atoms with E-state index in [1.807, 2.05) is 10.8 Å². The molecule has 0 bridgehead atoms. The van der Waals surface area contributed by atoms with Crippen molar-refractivity contribution in [3.05, 3.63) is 42.5 Å². The number of aryl methyl sites for hydroxylation is 1. The first kappa shape index (κ1) is 14.9. The van der Waals surface area contributed by atoms with Crippen LogP contribution >= 0.6 is 0 Å². The number of nitrogens with two attached hydrogens (primary N) is 1. The summed E-state index contributed by atoms with van der Waals surface area (Å²) >= 11 is 0. The number of carbonyl (C=O) groups excluding carboxylic acids is 1. The molecule has 0 saturated carbocycles. The lowest BCUT2D eigenvalue weighted by atomic mass is 10.1. The van der Waals surface area contributed by atoms with Crippen molar-refractivity contribution in [2.75, 3.05) is 24.2 Å². The van der Waals surface area contributed by atoms with E-state index in [1.54, 1.807) is 37.6 Å². The van der Waals surface area contributed by atoms with Crippen molar-refractivity contribution in [3.63, 3.8) is 0 Å². The highest BCUT2D eigenvalue weighted by atomic mass is 16.5. The van der Waals surface area contributed by atoms with Crippen molar-refractivity contribution in [2.45, 2.75) is 19.9 Å². The number of rotatable bonds is 7. The molecule has 0 saturated heterocycles. The molecule has 0 fully saturated rings. The maximum Gasteiger partial charge on any atom is 0.338 e. The average Bonchev–Trinajstić information content (AvgIpc) is 2.98. The second-order valence-electron chi connectivity index (χ2n) is 4.60. The van der Waals surface area contributed by atoms with Crippen LogP contribution in [0.2, 0.25) is 0 Å². The molecule has 0 spiro atoms. The number of imidazole rings is 1. The molecule has 0 radical (unpaired) electrons. The molecule has 0 aliphatic rings. The summed E-state index contributed by atoms with van der Waals surface area (Å²) in [5, 5.41) is 3.25. The topological polar surface area (TPSA) is 82.2 Å². The molecule has 112 valence electrons. The molecule has 1 aromatic heterocycles. The zero-order valence-electron chi connectivity index (χ0n) is 12.1. The van der Waals surface area contributed by atoms with Gasteiger partial charge >= 0.3 is 5.97 Å². The van der Waals surface area contributed by atoms with E-state index in [-0.39, 0.29) is 5.97 Å². The molecule has 21 heavy (non-hydrogen) atoms. The number of esters is 1. The Morgan fingerprint density at radius 2 is 2.33 bits per heavy atom. The van der Waals surface area contributed by atoms with Gasteiger partial charge in [0.2, 0.25) is 0 Å². The van der Waals surface area contributed by atoms with Gasteiger partial charge in [-0.05, 0) is 31.5 Å². The van der Waals surface area contributed by atoms with E-state index in [4.69, 9.17) is 10.5 Å². The maximum absolute atomic E-state index is 11.7. The van der Waals surface area contributed by atoms with Gasteiger partial charge in [-0.2, -0.15) is 0 Å². The minimum atomic E-state index is -0.334. The summed E-state index contributed by atoms with van der Waals surface area (Å²) in [6.45, 7) is 3.78. The lowest BCUT2D eigenvalue weighted by Gasteiger charge is -2.11. The van der Waals surface area contributed by atoms with E-state index < -0.39 is 0 Å². The fourth-order valence-electron chi connectivity index (χ4n) is 1.95. The molecule has 1 aromatic carbocycles. The third kappa shape index (κ3) is 4.24. The van der Waals surface area contributed by atoms with Crippen molar-refractivity contribution in [2.24, 2.45) is 0 Å². The summed E-state index contributed by atoms with van der Waals surface area (Å²) in [6.07, 6.45) is 6.40. The number of nitrogens with one attached hydrogen (secondary N) is 1. The van der Waals surface area contributed by atoms with Gasteiger partial charge in [0.05, 0.1) is 29.9 Å². The Labute approximate surface area is 123 Å². The number of benzene rings is 1. The van der Waals surface area contributed by atoms with Crippen molar-refractivity contribution in [3.8, 4) is 0 Å². The molecule has 2 rings (SSSR count). The molecule has 6 heteroatoms. The zero-order chi connectivity index (χ0) is 15.1. The van der Waals surface area contributed by atoms with Crippen LogP contribution < -0.4 is 11.1 Å². The summed E-state index contributed by atoms with van der Waals surface area (Å²) in [4.78, 5) is 15.7. The van der Waals surface area contributed by atoms with Crippen molar-refractivity contribution >= 4 is 17.3 Å². The fraction of sp³-hybridized carbons (Fsp3) is 0.333. The van der Waals surface area contributed by atoms with E-state index in [1.165, 1.54) is 0 Å². The second-order valence-corrected chi connectivity index (χ2v) is 4.60. The van der Waals surface area contributed by atoms with Gasteiger partial charge in [0.15, 0.2) is 0 Å². The third-order valence-electron chi connectivity index (χ3n) is 3.03. The van der Waals surface area contributed by atoms with Crippen molar-refractivity contribution in [1.29, 1.82) is 0 Å². The lowest BCUT2D eigenvalue weighted by Crippen LogP contribution is -2.10. The maximum atomic E-state index is 11.7. The minimum Gasteiger partial charge on any atom is -0.462 e. The van der Waals surface area contributed by atoms with Crippen LogP contribution in [0.15, 0.2) is 36.9 Å². The Hall–Kier alpha value is -2.50. The molecule has 0 aliphatic heterocycles. The molecular formula is C15H20N4O2. The predicted octanol–water partition coefficient (Wildman–Crippen LogP) is 2.14. The highest BCUT2D eigenvalue weighted by molar-refractivity contribution is 5.92. The molecule has 6 nitrogen and oxygen atoms in total. The van der Waals surface area contributed by atoms with Gasteiger partial charge in [0, 0.05) is 25.5 Å². The molecule has 3 N–H and O–H groups in total. The quantitative estimate of drug-likeness (QED) is 0.463. The van der Waals surface area contributed by atoms with Gasteiger partial charge in [-0.25, -0.2) is 9.78 Å². The van der Waals surface area contributed by atoms with E-state index >= 15 is 0 Å². The smallest absolute Gasteiger partial charge is 0.338 e. The highest BCUT2D eigenvalue weighted by Gasteiger charge is 2.08. The number of hydrogen-bond donors (Lipinski definition) is 2. The van der Waals surface area contributed by atoms with Gasteiger partial charge in [0.25, 0.3) is 0 Å². The number of nitrogens with zero attached hydrogens (tertiary/aromatic N) is 2. The van der Waals surface area contributed by atoms with Crippen molar-refractivity contribution in [1.82, 2.24) is 9.55 Å². The summed E-state index contributed by atoms with van der Waals surface area (Å²) in [5.41, 5.74) is 7.79. The van der Waals surface area contributed by atoms with Crippen LogP contribution in [0.25, 0.3) is 0 Å². The number of carbonyl (C=O) groups is 1. The number of aromatic nitrogens is 2. The molecule has 1 heterocycles. The normalized spacial score (nSPS) is 10.3. The monoisotopic (exact) mass is 288 g/mol. The first-order chi connectivity index (χ1) is 10.2. The van der Waals surface area contributed by atoms with Gasteiger partial charge in [-0.15, -0.1) is 0 Å². The van der Waals surface area contributed by atoms with Crippen LogP contribution in [0.4, 0.5) is 11.4 Å². The van der Waals surface area contributed by atoms with Crippen LogP contribution in [-0.4, -0.2) is 28.7 Å². The van der Waals surface area contributed by atoms with Gasteiger partial charge in [0.1, 0.15) is 0 Å². The molecule has 0 atom stereocenters. The standard InChI is InChI=1S/C15H20N4O2/c1-2-21-15(20)12-4-5-13(16)14(10-12)18-6-3-8-19-9-7-17-11-19/h4-5,7,9-11,18H,2-3,6,8,16H2,1H3. The van der Waals surface area contributed by atoms with Gasteiger partial charge in [-0.1, -0.05) is 0 Å². The van der Waals surface area contributed by atoms with Crippen LogP contribution in [-0.2, 0) is 11.3 Å². The summed E-state index contributed by atoms with van der Waals surface area (Å²) in [7, 11) is 0. The Balaban J connectivity index is 1.89. The van der Waals surface area contributed by atoms with Crippen LogP contribution in [0.5, 0.6) is 0 Å². The lowest BCUT2D eigenvalue weighted by molar-refractivity contribution is 0.0526. The van der Waals surface area contributed by atoms with E-state index in [0.717, 1.165) is 25.2 Å². The summed E-state index contributed by atoms with van der Waals surface area (Å²) in [5.74, 6) is -0.334. The molecule has 0 aliphatic carbocycles. The number of nitrogen functional groups attached to an aromatic ring is 1. The van der Waals surface area contributed by atoms with Gasteiger partial charge < -0.3 is 20.4 Å². The van der Waals surface area contributed by atoms with Crippen LogP contribution in [0.3, 0.4) is 0 Å². The Kier molecular flexibility index (Phi) is 5.20. The molecule has 2 aromatic rings. The number of ether oxygens (including phenoxy) is 1. The van der Waals surface area contributed by atoms with E-state index in [2.05, 4.69) is 10.3 Å². The van der Waals surface area contributed by atoms with E-state index in [9.17, 15) is 4.79 Å². The Bertz CT molecular complexity index is 581. The molecule has 0 unspecified atom stereocenters.